The third kappa shape index (κ3) is 10.9. The Bertz CT molecular complexity index is 884. The van der Waals surface area contributed by atoms with Gasteiger partial charge in [-0.2, -0.15) is 6.42 Å². The van der Waals surface area contributed by atoms with Crippen LogP contribution in [0.5, 0.6) is 0 Å². The molecule has 0 amide bonds. The summed E-state index contributed by atoms with van der Waals surface area (Å²) in [4.78, 5) is 4.17. The van der Waals surface area contributed by atoms with Crippen LogP contribution in [0.3, 0.4) is 0 Å². The first kappa shape index (κ1) is 27.6. The Balaban J connectivity index is 0.000000234. The molecule has 6 heteroatoms. The maximum absolute atomic E-state index is 4.85. The van der Waals surface area contributed by atoms with Gasteiger partial charge in [0.1, 0.15) is 15.9 Å². The van der Waals surface area contributed by atoms with Crippen molar-refractivity contribution in [1.29, 1.82) is 0 Å². The van der Waals surface area contributed by atoms with E-state index in [2.05, 4.69) is 108 Å². The minimum Gasteiger partial charge on any atom is -0.0620 e. The largest absolute Gasteiger partial charge is 0.102 e. The van der Waals surface area contributed by atoms with Crippen molar-refractivity contribution in [2.45, 2.75) is 13.0 Å². The number of nitrogens with one attached hydrogen (secondary N) is 1. The van der Waals surface area contributed by atoms with Crippen molar-refractivity contribution in [3.63, 3.8) is 0 Å². The van der Waals surface area contributed by atoms with E-state index >= 15 is 0 Å². The van der Waals surface area contributed by atoms with Crippen molar-refractivity contribution < 1.29 is 15.1 Å². The Morgan fingerprint density at radius 2 is 1.12 bits per heavy atom. The fourth-order valence-electron chi connectivity index (χ4n) is 3.16. The first-order valence-corrected chi connectivity index (χ1v) is 16.6. The molecule has 0 unspecified atom stereocenters. The minimum atomic E-state index is -0.877. The second-order valence-corrected chi connectivity index (χ2v) is 12.0. The van der Waals surface area contributed by atoms with Crippen LogP contribution in [0.15, 0.2) is 115 Å². The zero-order valence-corrected chi connectivity index (χ0v) is 22.6. The molecule has 0 fully saturated rings. The fraction of sp³-hybridized carbons (Fsp3) is 0.111. The van der Waals surface area contributed by atoms with E-state index in [1.165, 1.54) is 15.9 Å². The van der Waals surface area contributed by atoms with Crippen LogP contribution in [0.25, 0.3) is 0 Å². The molecule has 0 atom stereocenters. The third-order valence-corrected chi connectivity index (χ3v) is 7.31. The summed E-state index contributed by atoms with van der Waals surface area (Å²) >= 11 is -0.346. The fourth-order valence-corrected chi connectivity index (χ4v) is 5.74. The Morgan fingerprint density at radius 3 is 1.48 bits per heavy atom. The van der Waals surface area contributed by atoms with Crippen molar-refractivity contribution >= 4 is 43.2 Å². The van der Waals surface area contributed by atoms with Crippen LogP contribution in [0.4, 0.5) is 0 Å². The van der Waals surface area contributed by atoms with Crippen LogP contribution < -0.4 is 21.2 Å². The summed E-state index contributed by atoms with van der Waals surface area (Å²) in [6.45, 7) is 5.53. The van der Waals surface area contributed by atoms with Gasteiger partial charge in [-0.3, -0.25) is 4.98 Å². The number of aromatic nitrogens is 1. The van der Waals surface area contributed by atoms with Gasteiger partial charge < -0.3 is 12.2 Å². The van der Waals surface area contributed by atoms with E-state index in [1.807, 2.05) is 18.2 Å². The van der Waals surface area contributed by atoms with Gasteiger partial charge >= 0.3 is 34.5 Å². The van der Waals surface area contributed by atoms with Crippen molar-refractivity contribution in [2.24, 2.45) is 0 Å². The van der Waals surface area contributed by atoms with Gasteiger partial charge in [-0.15, -0.1) is 0 Å². The van der Waals surface area contributed by atoms with Gasteiger partial charge in [0.05, 0.1) is 13.6 Å². The number of pyridine rings is 1. The van der Waals surface area contributed by atoms with E-state index in [-0.39, 0.29) is 15.1 Å². The van der Waals surface area contributed by atoms with Crippen molar-refractivity contribution in [2.75, 3.05) is 6.54 Å². The molecule has 0 spiro atoms. The normalized spacial score (nSPS) is 9.94. The monoisotopic (exact) mass is 584 g/mol. The second kappa shape index (κ2) is 17.8. The van der Waals surface area contributed by atoms with Crippen LogP contribution in [-0.2, 0) is 21.7 Å². The van der Waals surface area contributed by atoms with Crippen molar-refractivity contribution in [3.8, 4) is 0 Å². The van der Waals surface area contributed by atoms with Crippen molar-refractivity contribution in [3.05, 3.63) is 128 Å². The summed E-state index contributed by atoms with van der Waals surface area (Å²) in [5, 5.41) is 7.53. The average Bonchev–Trinajstić information content (AvgIpc) is 2.88. The molecule has 1 N–H and O–H groups in total. The number of hydrogen-bond donors (Lipinski definition) is 1. The molecule has 0 saturated carbocycles. The molecule has 172 valence electrons. The molecule has 2 nitrogen and oxygen atoms in total. The first-order valence-electron chi connectivity index (χ1n) is 10.6. The molecular weight excluding hydrogens is 555 g/mol. The first-order chi connectivity index (χ1) is 16.3. The molecule has 0 saturated heterocycles. The molecule has 33 heavy (non-hydrogen) atoms. The average molecular weight is 584 g/mol. The summed E-state index contributed by atoms with van der Waals surface area (Å²) in [6, 6.07) is 38.4. The second-order valence-electron chi connectivity index (χ2n) is 6.87. The van der Waals surface area contributed by atoms with Gasteiger partial charge in [-0.05, 0) is 55.1 Å². The van der Waals surface area contributed by atoms with E-state index in [4.69, 9.17) is 19.4 Å². The molecule has 0 radical (unpaired) electrons. The van der Waals surface area contributed by atoms with Crippen LogP contribution in [0, 0.1) is 6.92 Å². The van der Waals surface area contributed by atoms with Gasteiger partial charge in [-0.1, -0.05) is 60.7 Å². The molecule has 4 aromatic rings. The standard InChI is InChI=1S/C18H15P.C9H13N2.2ClH.Ru/c1-4-10-16(11-5-1)19(17-12-6-2-7-13-17)18-14-8-3-9-15-18;1-2-6-10-8-9-5-3-4-7-11-9;;;/h1-15H;3-5,7,10H,1-2,6,8H2;2*1H;/q;-1;;;+4/p-1. The smallest absolute Gasteiger partial charge is 0.0620 e. The van der Waals surface area contributed by atoms with Crippen LogP contribution in [0.2, 0.25) is 0 Å². The SMILES string of the molecule is [CH2-]CCNCc1ccccn1.[Cl][Ru+2][Cl].c1ccc([PH+](c2ccccc2)c2ccccc2)cc1. The third-order valence-electron chi connectivity index (χ3n) is 4.57. The zero-order valence-electron chi connectivity index (χ0n) is 18.4. The summed E-state index contributed by atoms with van der Waals surface area (Å²) in [5.74, 6) is 0. The summed E-state index contributed by atoms with van der Waals surface area (Å²) in [6.07, 6.45) is 2.73. The maximum Gasteiger partial charge on any atom is 0.102 e. The number of nitrogens with zero attached hydrogens (tertiary/aromatic N) is 1. The molecule has 1 aromatic heterocycles. The predicted molar refractivity (Wildman–Crippen MR) is 144 cm³/mol. The molecule has 0 bridgehead atoms. The van der Waals surface area contributed by atoms with Crippen LogP contribution in [0.1, 0.15) is 12.1 Å². The predicted octanol–water partition coefficient (Wildman–Crippen LogP) is 5.95. The molecule has 4 rings (SSSR count). The van der Waals surface area contributed by atoms with Gasteiger partial charge in [-0.25, -0.2) is 0 Å². The Morgan fingerprint density at radius 1 is 0.697 bits per heavy atom. The van der Waals surface area contributed by atoms with Crippen molar-refractivity contribution in [1.82, 2.24) is 10.3 Å². The van der Waals surface area contributed by atoms with Gasteiger partial charge in [0, 0.05) is 12.7 Å². The molecule has 0 aliphatic heterocycles. The number of hydrogen-bond acceptors (Lipinski definition) is 2. The van der Waals surface area contributed by atoms with E-state index in [0.717, 1.165) is 25.2 Å². The minimum absolute atomic E-state index is 0.346. The van der Waals surface area contributed by atoms with Gasteiger partial charge in [0.15, 0.2) is 0 Å². The summed E-state index contributed by atoms with van der Waals surface area (Å²) < 4.78 is 0. The van der Waals surface area contributed by atoms with Crippen LogP contribution in [-0.4, -0.2) is 11.5 Å². The summed E-state index contributed by atoms with van der Waals surface area (Å²) in [5.41, 5.74) is 1.08. The van der Waals surface area contributed by atoms with E-state index in [1.54, 1.807) is 6.20 Å². The quantitative estimate of drug-likeness (QED) is 0.126. The van der Waals surface area contributed by atoms with E-state index in [0.29, 0.717) is 0 Å². The number of halogens is 2. The zero-order chi connectivity index (χ0) is 23.6. The molecule has 1 heterocycles. The molecule has 0 aliphatic carbocycles. The number of rotatable bonds is 7. The van der Waals surface area contributed by atoms with E-state index < -0.39 is 7.92 Å². The summed E-state index contributed by atoms with van der Waals surface area (Å²) in [7, 11) is 8.83. The molecule has 0 aliphatic rings. The maximum atomic E-state index is 4.85. The Labute approximate surface area is 215 Å². The number of benzene rings is 3. The molecule has 3 aromatic carbocycles. The van der Waals surface area contributed by atoms with Gasteiger partial charge in [0.2, 0.25) is 0 Å². The topological polar surface area (TPSA) is 24.9 Å². The Hall–Kier alpha value is -1.60. The van der Waals surface area contributed by atoms with Crippen LogP contribution >= 0.6 is 27.3 Å². The van der Waals surface area contributed by atoms with Gasteiger partial charge in [0.25, 0.3) is 0 Å². The molecular formula is C27H29Cl2N2PRu+2. The Kier molecular flexibility index (Phi) is 14.9. The van der Waals surface area contributed by atoms with E-state index in [9.17, 15) is 0 Å².